The van der Waals surface area contributed by atoms with Crippen molar-refractivity contribution in [3.8, 4) is 12.3 Å². The van der Waals surface area contributed by atoms with Crippen molar-refractivity contribution >= 4 is 27.6 Å². The molecule has 0 amide bonds. The van der Waals surface area contributed by atoms with Gasteiger partial charge in [0.2, 0.25) is 0 Å². The van der Waals surface area contributed by atoms with Crippen LogP contribution in [-0.4, -0.2) is 16.6 Å². The fraction of sp³-hybridized carbons (Fsp3) is 0.250. The molecule has 2 N–H and O–H groups in total. The van der Waals surface area contributed by atoms with E-state index < -0.39 is 11.5 Å². The first-order chi connectivity index (χ1) is 7.37. The van der Waals surface area contributed by atoms with Gasteiger partial charge in [0.05, 0.1) is 16.8 Å². The number of carboxylic acid groups (broad SMARTS) is 1. The first-order valence-corrected chi connectivity index (χ1v) is 5.44. The van der Waals surface area contributed by atoms with Gasteiger partial charge in [-0.15, -0.1) is 6.42 Å². The molecule has 0 radical (unpaired) electrons. The average Bonchev–Trinajstić information content (AvgIpc) is 2.16. The Morgan fingerprint density at radius 1 is 1.56 bits per heavy atom. The molecule has 0 unspecified atom stereocenters. The third-order valence-corrected chi connectivity index (χ3v) is 2.70. The van der Waals surface area contributed by atoms with E-state index >= 15 is 0 Å². The number of hydrogen-bond donors (Lipinski definition) is 2. The Hall–Kier alpha value is -1.47. The lowest BCUT2D eigenvalue weighted by Gasteiger charge is -2.22. The minimum absolute atomic E-state index is 0.186. The second kappa shape index (κ2) is 4.58. The van der Waals surface area contributed by atoms with Crippen LogP contribution in [0.25, 0.3) is 0 Å². The van der Waals surface area contributed by atoms with Gasteiger partial charge < -0.3 is 10.4 Å². The molecule has 0 aliphatic heterocycles. The number of anilines is 1. The number of nitrogens with one attached hydrogen (secondary N) is 1. The lowest BCUT2D eigenvalue weighted by Crippen LogP contribution is -2.29. The molecule has 1 aromatic rings. The number of halogens is 1. The number of rotatable bonds is 3. The summed E-state index contributed by atoms with van der Waals surface area (Å²) in [6.45, 7) is 3.61. The van der Waals surface area contributed by atoms with E-state index in [1.54, 1.807) is 32.0 Å². The molecule has 0 bridgehead atoms. The fourth-order valence-corrected chi connectivity index (χ4v) is 1.75. The van der Waals surface area contributed by atoms with Crippen molar-refractivity contribution in [3.05, 3.63) is 28.2 Å². The summed E-state index contributed by atoms with van der Waals surface area (Å²) in [4.78, 5) is 11.1. The zero-order valence-corrected chi connectivity index (χ0v) is 10.6. The highest BCUT2D eigenvalue weighted by molar-refractivity contribution is 9.10. The van der Waals surface area contributed by atoms with Crippen LogP contribution in [0.3, 0.4) is 0 Å². The number of carbonyl (C=O) groups is 1. The first-order valence-electron chi connectivity index (χ1n) is 4.65. The van der Waals surface area contributed by atoms with Crippen LogP contribution in [0, 0.1) is 12.3 Å². The molecule has 0 heterocycles. The molecule has 0 spiro atoms. The zero-order valence-electron chi connectivity index (χ0n) is 9.04. The molecule has 0 saturated heterocycles. The van der Waals surface area contributed by atoms with Crippen molar-refractivity contribution in [2.75, 3.05) is 5.32 Å². The monoisotopic (exact) mass is 281 g/mol. The maximum absolute atomic E-state index is 11.1. The second-order valence-corrected chi connectivity index (χ2v) is 4.72. The van der Waals surface area contributed by atoms with E-state index in [0.29, 0.717) is 10.2 Å². The number of hydrogen-bond acceptors (Lipinski definition) is 2. The molecule has 0 saturated carbocycles. The minimum atomic E-state index is -0.997. The highest BCUT2D eigenvalue weighted by Gasteiger charge is 2.19. The third-order valence-electron chi connectivity index (χ3n) is 2.04. The van der Waals surface area contributed by atoms with Crippen LogP contribution < -0.4 is 5.32 Å². The fourth-order valence-electron chi connectivity index (χ4n) is 1.22. The van der Waals surface area contributed by atoms with E-state index in [4.69, 9.17) is 11.5 Å². The third kappa shape index (κ3) is 2.77. The summed E-state index contributed by atoms with van der Waals surface area (Å²) in [5.74, 6) is 1.56. The Bertz CT molecular complexity index is 461. The van der Waals surface area contributed by atoms with E-state index in [-0.39, 0.29) is 5.56 Å². The van der Waals surface area contributed by atoms with Crippen molar-refractivity contribution in [2.24, 2.45) is 0 Å². The summed E-state index contributed by atoms with van der Waals surface area (Å²) in [5.41, 5.74) is 0.0981. The van der Waals surface area contributed by atoms with E-state index in [9.17, 15) is 4.79 Å². The maximum Gasteiger partial charge on any atom is 0.338 e. The van der Waals surface area contributed by atoms with Gasteiger partial charge in [0.15, 0.2) is 0 Å². The molecule has 0 atom stereocenters. The highest BCUT2D eigenvalue weighted by Crippen LogP contribution is 2.26. The van der Waals surface area contributed by atoms with Gasteiger partial charge in [-0.05, 0) is 41.9 Å². The second-order valence-electron chi connectivity index (χ2n) is 3.86. The van der Waals surface area contributed by atoms with Gasteiger partial charge >= 0.3 is 5.97 Å². The Balaban J connectivity index is 3.21. The van der Waals surface area contributed by atoms with Gasteiger partial charge in [-0.25, -0.2) is 4.79 Å². The molecule has 0 aromatic heterocycles. The van der Waals surface area contributed by atoms with E-state index in [2.05, 4.69) is 27.2 Å². The number of aromatic carboxylic acids is 1. The Kier molecular flexibility index (Phi) is 3.61. The predicted molar refractivity (Wildman–Crippen MR) is 67.6 cm³/mol. The van der Waals surface area contributed by atoms with Crippen molar-refractivity contribution in [1.29, 1.82) is 0 Å². The molecular weight excluding hydrogens is 270 g/mol. The number of benzene rings is 1. The highest BCUT2D eigenvalue weighted by atomic mass is 79.9. The summed E-state index contributed by atoms with van der Waals surface area (Å²) < 4.78 is 0.526. The maximum atomic E-state index is 11.1. The lowest BCUT2D eigenvalue weighted by molar-refractivity contribution is 0.0697. The molecule has 0 aliphatic rings. The van der Waals surface area contributed by atoms with Gasteiger partial charge in [-0.3, -0.25) is 0 Å². The molecule has 0 fully saturated rings. The molecule has 3 nitrogen and oxygen atoms in total. The van der Waals surface area contributed by atoms with Crippen molar-refractivity contribution in [2.45, 2.75) is 19.4 Å². The Morgan fingerprint density at radius 3 is 2.69 bits per heavy atom. The number of carboxylic acids is 1. The van der Waals surface area contributed by atoms with Crippen LogP contribution in [0.4, 0.5) is 5.69 Å². The summed E-state index contributed by atoms with van der Waals surface area (Å²) >= 11 is 3.20. The molecule has 1 aromatic carbocycles. The largest absolute Gasteiger partial charge is 0.478 e. The van der Waals surface area contributed by atoms with Crippen LogP contribution in [-0.2, 0) is 0 Å². The normalized spacial score (nSPS) is 10.6. The smallest absolute Gasteiger partial charge is 0.338 e. The zero-order chi connectivity index (χ0) is 12.3. The van der Waals surface area contributed by atoms with E-state index in [1.165, 1.54) is 0 Å². The quantitative estimate of drug-likeness (QED) is 0.838. The minimum Gasteiger partial charge on any atom is -0.478 e. The van der Waals surface area contributed by atoms with Crippen molar-refractivity contribution in [1.82, 2.24) is 0 Å². The molecule has 1 rings (SSSR count). The van der Waals surface area contributed by atoms with Crippen molar-refractivity contribution < 1.29 is 9.90 Å². The van der Waals surface area contributed by atoms with Gasteiger partial charge in [-0.2, -0.15) is 0 Å². The van der Waals surface area contributed by atoms with Gasteiger partial charge in [0, 0.05) is 4.47 Å². The predicted octanol–water partition coefficient (Wildman–Crippen LogP) is 2.97. The summed E-state index contributed by atoms with van der Waals surface area (Å²) in [7, 11) is 0. The van der Waals surface area contributed by atoms with Crippen LogP contribution in [0.1, 0.15) is 24.2 Å². The van der Waals surface area contributed by atoms with Crippen LogP contribution in [0.2, 0.25) is 0 Å². The lowest BCUT2D eigenvalue weighted by atomic mass is 10.0. The first kappa shape index (κ1) is 12.6. The Morgan fingerprint density at radius 2 is 2.19 bits per heavy atom. The summed E-state index contributed by atoms with van der Waals surface area (Å²) in [5, 5.41) is 12.1. The van der Waals surface area contributed by atoms with Gasteiger partial charge in [0.1, 0.15) is 0 Å². The van der Waals surface area contributed by atoms with E-state index in [1.807, 2.05) is 0 Å². The van der Waals surface area contributed by atoms with Gasteiger partial charge in [0.25, 0.3) is 0 Å². The number of terminal acetylenes is 1. The molecule has 16 heavy (non-hydrogen) atoms. The molecule has 0 aliphatic carbocycles. The Labute approximate surface area is 103 Å². The van der Waals surface area contributed by atoms with Crippen LogP contribution >= 0.6 is 15.9 Å². The van der Waals surface area contributed by atoms with Crippen molar-refractivity contribution in [3.63, 3.8) is 0 Å². The van der Waals surface area contributed by atoms with E-state index in [0.717, 1.165) is 0 Å². The van der Waals surface area contributed by atoms with Gasteiger partial charge in [-0.1, -0.05) is 12.0 Å². The topological polar surface area (TPSA) is 49.3 Å². The molecule has 4 heteroatoms. The summed E-state index contributed by atoms with van der Waals surface area (Å²) in [6.07, 6.45) is 5.35. The SMILES string of the molecule is C#CC(C)(C)Nc1cccc(Br)c1C(=O)O. The van der Waals surface area contributed by atoms with Crippen LogP contribution in [0.15, 0.2) is 22.7 Å². The van der Waals surface area contributed by atoms with Crippen LogP contribution in [0.5, 0.6) is 0 Å². The average molecular weight is 282 g/mol. The standard InChI is InChI=1S/C12H12BrNO2/c1-4-12(2,3)14-9-7-5-6-8(13)10(9)11(15)16/h1,5-7,14H,2-3H3,(H,15,16). The summed E-state index contributed by atoms with van der Waals surface area (Å²) in [6, 6.07) is 5.12. The molecule has 84 valence electrons. The molecular formula is C12H12BrNO2.